The number of phenols is 2. The number of anilines is 1. The van der Waals surface area contributed by atoms with Gasteiger partial charge in [0.15, 0.2) is 11.2 Å². The molecule has 1 aromatic carbocycles. The second-order valence-corrected chi connectivity index (χ2v) is 8.40. The summed E-state index contributed by atoms with van der Waals surface area (Å²) in [6.07, 6.45) is -0.273. The lowest BCUT2D eigenvalue weighted by atomic mass is 10.1. The molecule has 0 saturated carbocycles. The number of hydrogen-bond acceptors (Lipinski definition) is 9. The summed E-state index contributed by atoms with van der Waals surface area (Å²) in [6, 6.07) is 4.00. The van der Waals surface area contributed by atoms with Gasteiger partial charge in [0.25, 0.3) is 5.56 Å². The van der Waals surface area contributed by atoms with Crippen LogP contribution in [0.4, 0.5) is 5.95 Å². The van der Waals surface area contributed by atoms with E-state index in [9.17, 15) is 24.9 Å². The molecule has 2 aromatic heterocycles. The van der Waals surface area contributed by atoms with Gasteiger partial charge >= 0.3 is 5.69 Å². The molecule has 0 unspecified atom stereocenters. The Labute approximate surface area is 195 Å². The maximum absolute atomic E-state index is 13.0. The van der Waals surface area contributed by atoms with Crippen molar-refractivity contribution in [3.05, 3.63) is 44.6 Å². The monoisotopic (exact) mass is 474 g/mol. The number of fused-ring (bicyclic) bond motifs is 1. The predicted octanol–water partition coefficient (Wildman–Crippen LogP) is -0.605. The Hall–Kier alpha value is -3.35. The number of aliphatic hydroxyl groups excluding tert-OH is 1. The summed E-state index contributed by atoms with van der Waals surface area (Å²) < 4.78 is 9.77. The van der Waals surface area contributed by atoms with Gasteiger partial charge in [-0.05, 0) is 30.7 Å². The van der Waals surface area contributed by atoms with E-state index in [0.717, 1.165) is 4.57 Å². The Balaban J connectivity index is 1.50. The third kappa shape index (κ3) is 4.65. The lowest BCUT2D eigenvalue weighted by molar-refractivity contribution is 0.121. The predicted molar refractivity (Wildman–Crippen MR) is 125 cm³/mol. The van der Waals surface area contributed by atoms with E-state index in [2.05, 4.69) is 15.2 Å². The van der Waals surface area contributed by atoms with Gasteiger partial charge in [-0.3, -0.25) is 13.9 Å². The number of hydrogen-bond donors (Lipinski definition) is 4. The number of nitrogens with one attached hydrogen (secondary N) is 1. The molecule has 1 aliphatic heterocycles. The highest BCUT2D eigenvalue weighted by atomic mass is 16.5. The minimum absolute atomic E-state index is 0.118. The number of aromatic nitrogens is 4. The zero-order chi connectivity index (χ0) is 24.4. The summed E-state index contributed by atoms with van der Waals surface area (Å²) in [7, 11) is 3.06. The molecule has 3 heterocycles. The van der Waals surface area contributed by atoms with Crippen LogP contribution >= 0.6 is 0 Å². The van der Waals surface area contributed by atoms with Gasteiger partial charge in [0.1, 0.15) is 11.5 Å². The molecule has 1 atom stereocenters. The van der Waals surface area contributed by atoms with Gasteiger partial charge in [0.2, 0.25) is 5.95 Å². The molecule has 34 heavy (non-hydrogen) atoms. The van der Waals surface area contributed by atoms with Crippen molar-refractivity contribution in [2.45, 2.75) is 19.1 Å². The van der Waals surface area contributed by atoms with Crippen LogP contribution in [0.5, 0.6) is 11.5 Å². The normalized spacial score (nSPS) is 15.2. The fourth-order valence-electron chi connectivity index (χ4n) is 4.18. The standard InChI is InChI=1S/C22H30N6O6/c1-25-19-18(20(32)26(2)22(25)33)28(21(24-19)27-6-8-34-9-7-27)5-3-4-23-13-17(31)14-10-15(29)12-16(30)11-14/h10-12,17,23,29-31H,3-9,13H2,1-2H3/t17-/m1/s1. The van der Waals surface area contributed by atoms with Crippen LogP contribution in [0.25, 0.3) is 11.2 Å². The van der Waals surface area contributed by atoms with E-state index in [-0.39, 0.29) is 18.0 Å². The van der Waals surface area contributed by atoms with Crippen molar-refractivity contribution in [1.29, 1.82) is 0 Å². The maximum Gasteiger partial charge on any atom is 0.332 e. The summed E-state index contributed by atoms with van der Waals surface area (Å²) >= 11 is 0. The first-order chi connectivity index (χ1) is 16.3. The smallest absolute Gasteiger partial charge is 0.332 e. The summed E-state index contributed by atoms with van der Waals surface area (Å²) in [5, 5.41) is 32.7. The minimum Gasteiger partial charge on any atom is -0.508 e. The van der Waals surface area contributed by atoms with Crippen LogP contribution in [0.3, 0.4) is 0 Å². The minimum atomic E-state index is -0.905. The molecule has 12 heteroatoms. The van der Waals surface area contributed by atoms with E-state index >= 15 is 0 Å². The Morgan fingerprint density at radius 3 is 2.44 bits per heavy atom. The zero-order valence-corrected chi connectivity index (χ0v) is 19.3. The zero-order valence-electron chi connectivity index (χ0n) is 19.3. The summed E-state index contributed by atoms with van der Waals surface area (Å²) in [5.41, 5.74) is 0.314. The van der Waals surface area contributed by atoms with Gasteiger partial charge < -0.3 is 34.8 Å². The van der Waals surface area contributed by atoms with Crippen molar-refractivity contribution >= 4 is 17.1 Å². The second kappa shape index (κ2) is 9.87. The van der Waals surface area contributed by atoms with Crippen molar-refractivity contribution < 1.29 is 20.1 Å². The molecule has 3 aromatic rings. The van der Waals surface area contributed by atoms with Gasteiger partial charge in [0, 0.05) is 46.3 Å². The number of aryl methyl sites for hydroxylation is 2. The second-order valence-electron chi connectivity index (χ2n) is 8.40. The highest BCUT2D eigenvalue weighted by Crippen LogP contribution is 2.25. The van der Waals surface area contributed by atoms with E-state index in [1.54, 1.807) is 7.05 Å². The highest BCUT2D eigenvalue weighted by Gasteiger charge is 2.23. The average molecular weight is 475 g/mol. The Kier molecular flexibility index (Phi) is 6.91. The fourth-order valence-corrected chi connectivity index (χ4v) is 4.18. The third-order valence-electron chi connectivity index (χ3n) is 6.00. The largest absolute Gasteiger partial charge is 0.508 e. The molecule has 0 spiro atoms. The Morgan fingerprint density at radius 2 is 1.76 bits per heavy atom. The first-order valence-corrected chi connectivity index (χ1v) is 11.2. The number of imidazole rings is 1. The van der Waals surface area contributed by atoms with Gasteiger partial charge in [-0.1, -0.05) is 0 Å². The van der Waals surface area contributed by atoms with E-state index in [4.69, 9.17) is 4.74 Å². The van der Waals surface area contributed by atoms with Crippen LogP contribution in [0, 0.1) is 0 Å². The topological polar surface area (TPSA) is 147 Å². The van der Waals surface area contributed by atoms with Gasteiger partial charge in [-0.15, -0.1) is 0 Å². The molecule has 184 valence electrons. The van der Waals surface area contributed by atoms with Crippen LogP contribution < -0.4 is 21.5 Å². The van der Waals surface area contributed by atoms with Crippen LogP contribution in [0.1, 0.15) is 18.1 Å². The van der Waals surface area contributed by atoms with Crippen LogP contribution in [0.2, 0.25) is 0 Å². The summed E-state index contributed by atoms with van der Waals surface area (Å²) in [4.78, 5) is 32.1. The number of aromatic hydroxyl groups is 2. The van der Waals surface area contributed by atoms with Gasteiger partial charge in [0.05, 0.1) is 19.3 Å². The molecule has 1 fully saturated rings. The number of nitrogens with zero attached hydrogens (tertiary/aromatic N) is 5. The molecular formula is C22H30N6O6. The third-order valence-corrected chi connectivity index (χ3v) is 6.00. The van der Waals surface area contributed by atoms with Crippen LogP contribution in [-0.2, 0) is 25.4 Å². The lowest BCUT2D eigenvalue weighted by Crippen LogP contribution is -2.39. The van der Waals surface area contributed by atoms with E-state index in [0.29, 0.717) is 68.5 Å². The van der Waals surface area contributed by atoms with Crippen molar-refractivity contribution in [2.75, 3.05) is 44.3 Å². The molecule has 0 bridgehead atoms. The summed E-state index contributed by atoms with van der Waals surface area (Å²) in [5.74, 6) is 0.396. The van der Waals surface area contributed by atoms with Crippen molar-refractivity contribution in [2.24, 2.45) is 14.1 Å². The molecule has 0 amide bonds. The molecular weight excluding hydrogens is 444 g/mol. The van der Waals surface area contributed by atoms with Crippen LogP contribution in [0.15, 0.2) is 27.8 Å². The summed E-state index contributed by atoms with van der Waals surface area (Å²) in [6.45, 7) is 3.63. The lowest BCUT2D eigenvalue weighted by Gasteiger charge is -2.28. The quantitative estimate of drug-likeness (QED) is 0.314. The molecule has 4 N–H and O–H groups in total. The maximum atomic E-state index is 13.0. The molecule has 1 aliphatic rings. The van der Waals surface area contributed by atoms with Crippen molar-refractivity contribution in [3.8, 4) is 11.5 Å². The SMILES string of the molecule is Cn1c(=O)c2c(nc(N3CCOCC3)n2CCCNC[C@@H](O)c2cc(O)cc(O)c2)n(C)c1=O. The number of aliphatic hydroxyl groups is 1. The van der Waals surface area contributed by atoms with Gasteiger partial charge in [-0.2, -0.15) is 4.98 Å². The molecule has 4 rings (SSSR count). The Morgan fingerprint density at radius 1 is 1.09 bits per heavy atom. The van der Waals surface area contributed by atoms with Gasteiger partial charge in [-0.25, -0.2) is 4.79 Å². The Bertz CT molecular complexity index is 1270. The van der Waals surface area contributed by atoms with Crippen molar-refractivity contribution in [3.63, 3.8) is 0 Å². The number of benzene rings is 1. The highest BCUT2D eigenvalue weighted by molar-refractivity contribution is 5.74. The number of ether oxygens (including phenoxy) is 1. The molecule has 1 saturated heterocycles. The molecule has 12 nitrogen and oxygen atoms in total. The first kappa shape index (κ1) is 23.8. The van der Waals surface area contributed by atoms with E-state index in [1.165, 1.54) is 29.8 Å². The first-order valence-electron chi connectivity index (χ1n) is 11.2. The average Bonchev–Trinajstić information content (AvgIpc) is 3.20. The van der Waals surface area contributed by atoms with Crippen molar-refractivity contribution in [1.82, 2.24) is 24.0 Å². The fraction of sp³-hybridized carbons (Fsp3) is 0.500. The number of phenolic OH excluding ortho intramolecular Hbond substituents is 2. The van der Waals surface area contributed by atoms with E-state index < -0.39 is 17.4 Å². The molecule has 0 radical (unpaired) electrons. The molecule has 0 aliphatic carbocycles. The number of rotatable bonds is 8. The van der Waals surface area contributed by atoms with E-state index in [1.807, 2.05) is 4.57 Å². The van der Waals surface area contributed by atoms with Crippen LogP contribution in [-0.4, -0.2) is 73.4 Å². The number of morpholine rings is 1.